The van der Waals surface area contributed by atoms with Gasteiger partial charge in [-0.25, -0.2) is 4.39 Å². The normalized spacial score (nSPS) is 24.0. The summed E-state index contributed by atoms with van der Waals surface area (Å²) >= 11 is 1.42. The maximum absolute atomic E-state index is 14.1. The Labute approximate surface area is 193 Å². The van der Waals surface area contributed by atoms with Crippen molar-refractivity contribution in [1.82, 2.24) is 20.1 Å². The lowest BCUT2D eigenvalue weighted by Crippen LogP contribution is -2.36. The lowest BCUT2D eigenvalue weighted by atomic mass is 9.84. The van der Waals surface area contributed by atoms with E-state index in [4.69, 9.17) is 4.74 Å². The summed E-state index contributed by atoms with van der Waals surface area (Å²) in [5, 5.41) is 12.2. The van der Waals surface area contributed by atoms with Crippen LogP contribution < -0.4 is 10.1 Å². The summed E-state index contributed by atoms with van der Waals surface area (Å²) in [6, 6.07) is 6.67. The van der Waals surface area contributed by atoms with E-state index < -0.39 is 5.82 Å². The van der Waals surface area contributed by atoms with Crippen molar-refractivity contribution in [2.75, 3.05) is 0 Å². The summed E-state index contributed by atoms with van der Waals surface area (Å²) in [5.74, 6) is 2.59. The number of benzene rings is 1. The maximum Gasteiger partial charge on any atom is 0.233 e. The van der Waals surface area contributed by atoms with E-state index in [1.54, 1.807) is 18.2 Å². The Morgan fingerprint density at radius 2 is 2.00 bits per heavy atom. The molecule has 2 fully saturated rings. The number of hydrogen-bond acceptors (Lipinski definition) is 5. The third-order valence-electron chi connectivity index (χ3n) is 6.83. The van der Waals surface area contributed by atoms with Crippen LogP contribution in [0.4, 0.5) is 4.39 Å². The van der Waals surface area contributed by atoms with Crippen LogP contribution >= 0.6 is 11.8 Å². The Morgan fingerprint density at radius 1 is 1.22 bits per heavy atom. The van der Waals surface area contributed by atoms with E-state index >= 15 is 0 Å². The molecule has 2 aromatic rings. The highest BCUT2D eigenvalue weighted by Gasteiger charge is 2.43. The highest BCUT2D eigenvalue weighted by molar-refractivity contribution is 8.00. The monoisotopic (exact) mass is 460 g/mol. The highest BCUT2D eigenvalue weighted by Crippen LogP contribution is 2.52. The second kappa shape index (κ2) is 9.81. The molecule has 5 atom stereocenters. The highest BCUT2D eigenvalue weighted by atomic mass is 32.2. The van der Waals surface area contributed by atoms with Crippen LogP contribution in [-0.4, -0.2) is 32.0 Å². The molecule has 2 aliphatic rings. The van der Waals surface area contributed by atoms with Gasteiger partial charge < -0.3 is 10.1 Å². The average molecular weight is 461 g/mol. The first-order chi connectivity index (χ1) is 15.3. The number of nitrogens with one attached hydrogen (secondary N) is 1. The van der Waals surface area contributed by atoms with Crippen molar-refractivity contribution in [3.63, 3.8) is 0 Å². The number of hydrogen-bond donors (Lipinski definition) is 1. The Kier molecular flexibility index (Phi) is 7.08. The van der Waals surface area contributed by atoms with Crippen LogP contribution in [0.5, 0.6) is 5.75 Å². The van der Waals surface area contributed by atoms with Gasteiger partial charge >= 0.3 is 0 Å². The topological polar surface area (TPSA) is 69.0 Å². The summed E-state index contributed by atoms with van der Waals surface area (Å²) in [6.07, 6.45) is 5.17. The first-order valence-electron chi connectivity index (χ1n) is 11.6. The van der Waals surface area contributed by atoms with Gasteiger partial charge in [-0.2, -0.15) is 0 Å². The van der Waals surface area contributed by atoms with E-state index in [1.165, 1.54) is 43.5 Å². The molecule has 1 aromatic heterocycles. The summed E-state index contributed by atoms with van der Waals surface area (Å²) in [7, 11) is 0. The molecule has 8 heteroatoms. The largest absolute Gasteiger partial charge is 0.483 e. The van der Waals surface area contributed by atoms with E-state index in [-0.39, 0.29) is 35.6 Å². The Balaban J connectivity index is 1.56. The zero-order chi connectivity index (χ0) is 22.8. The molecule has 0 radical (unpaired) electrons. The van der Waals surface area contributed by atoms with Crippen LogP contribution in [0.1, 0.15) is 65.2 Å². The molecule has 32 heavy (non-hydrogen) atoms. The molecule has 1 heterocycles. The van der Waals surface area contributed by atoms with E-state index in [0.717, 1.165) is 17.0 Å². The molecule has 1 N–H and O–H groups in total. The predicted molar refractivity (Wildman–Crippen MR) is 123 cm³/mol. The minimum Gasteiger partial charge on any atom is -0.483 e. The second-order valence-corrected chi connectivity index (χ2v) is 10.8. The van der Waals surface area contributed by atoms with Crippen LogP contribution in [0.3, 0.4) is 0 Å². The molecular formula is C24H33FN4O2S. The van der Waals surface area contributed by atoms with E-state index in [1.807, 2.05) is 20.8 Å². The molecule has 0 saturated heterocycles. The molecule has 174 valence electrons. The molecule has 1 aromatic carbocycles. The first-order valence-corrected chi connectivity index (χ1v) is 12.5. The molecule has 2 aliphatic carbocycles. The number of amides is 1. The van der Waals surface area contributed by atoms with Crippen molar-refractivity contribution in [1.29, 1.82) is 0 Å². The van der Waals surface area contributed by atoms with Gasteiger partial charge in [0.2, 0.25) is 5.91 Å². The average Bonchev–Trinajstić information content (AvgIpc) is 3.48. The van der Waals surface area contributed by atoms with Crippen LogP contribution in [-0.2, 0) is 11.4 Å². The molecule has 5 unspecified atom stereocenters. The zero-order valence-corrected chi connectivity index (χ0v) is 20.1. The van der Waals surface area contributed by atoms with Crippen molar-refractivity contribution < 1.29 is 13.9 Å². The van der Waals surface area contributed by atoms with Crippen molar-refractivity contribution in [2.24, 2.45) is 17.8 Å². The van der Waals surface area contributed by atoms with Crippen molar-refractivity contribution in [2.45, 2.75) is 82.5 Å². The number of thioether (sulfide) groups is 1. The summed E-state index contributed by atoms with van der Waals surface area (Å²) < 4.78 is 22.0. The number of nitrogens with zero attached hydrogens (tertiary/aromatic N) is 3. The van der Waals surface area contributed by atoms with Gasteiger partial charge in [0.05, 0.1) is 5.25 Å². The molecule has 2 bridgehead atoms. The molecule has 0 aliphatic heterocycles. The minimum atomic E-state index is -0.395. The second-order valence-electron chi connectivity index (χ2n) is 9.49. The van der Waals surface area contributed by atoms with E-state index in [0.29, 0.717) is 11.7 Å². The Morgan fingerprint density at radius 3 is 2.66 bits per heavy atom. The predicted octanol–water partition coefficient (Wildman–Crippen LogP) is 5.00. The van der Waals surface area contributed by atoms with Gasteiger partial charge in [-0.05, 0) is 76.8 Å². The SMILES string of the molecule is CC(C)NC(=O)C(C)Sc1nnc(COc2ccccc2F)n1C(C)C1CC2CCC1C2. The Hall–Kier alpha value is -2.09. The van der Waals surface area contributed by atoms with E-state index in [2.05, 4.69) is 27.0 Å². The van der Waals surface area contributed by atoms with Gasteiger partial charge in [0, 0.05) is 12.1 Å². The summed E-state index contributed by atoms with van der Waals surface area (Å²) in [5.41, 5.74) is 0. The van der Waals surface area contributed by atoms with Crippen molar-refractivity contribution in [3.8, 4) is 5.75 Å². The van der Waals surface area contributed by atoms with Gasteiger partial charge in [-0.15, -0.1) is 10.2 Å². The van der Waals surface area contributed by atoms with Gasteiger partial charge in [-0.3, -0.25) is 9.36 Å². The third-order valence-corrected chi connectivity index (χ3v) is 7.89. The van der Waals surface area contributed by atoms with Gasteiger partial charge in [-0.1, -0.05) is 30.3 Å². The molecular weight excluding hydrogens is 427 g/mol. The number of halogens is 1. The van der Waals surface area contributed by atoms with Crippen LogP contribution in [0.25, 0.3) is 0 Å². The quantitative estimate of drug-likeness (QED) is 0.534. The summed E-state index contributed by atoms with van der Waals surface area (Å²) in [6.45, 7) is 8.15. The summed E-state index contributed by atoms with van der Waals surface area (Å²) in [4.78, 5) is 12.5. The lowest BCUT2D eigenvalue weighted by Gasteiger charge is -2.30. The number of carbonyl (C=O) groups excluding carboxylic acids is 1. The van der Waals surface area contributed by atoms with Crippen LogP contribution in [0.15, 0.2) is 29.4 Å². The number of aromatic nitrogens is 3. The lowest BCUT2D eigenvalue weighted by molar-refractivity contribution is -0.120. The Bertz CT molecular complexity index is 950. The number of ether oxygens (including phenoxy) is 1. The smallest absolute Gasteiger partial charge is 0.233 e. The number of para-hydroxylation sites is 1. The number of fused-ring (bicyclic) bond motifs is 2. The molecule has 4 rings (SSSR count). The molecule has 6 nitrogen and oxygen atoms in total. The molecule has 0 spiro atoms. The van der Waals surface area contributed by atoms with Gasteiger partial charge in [0.25, 0.3) is 0 Å². The van der Waals surface area contributed by atoms with Gasteiger partial charge in [0.1, 0.15) is 6.61 Å². The fourth-order valence-electron chi connectivity index (χ4n) is 5.29. The van der Waals surface area contributed by atoms with Crippen molar-refractivity contribution >= 4 is 17.7 Å². The fourth-order valence-corrected chi connectivity index (χ4v) is 6.25. The maximum atomic E-state index is 14.1. The zero-order valence-electron chi connectivity index (χ0n) is 19.3. The third kappa shape index (κ3) is 4.95. The minimum absolute atomic E-state index is 0.0173. The number of rotatable bonds is 9. The van der Waals surface area contributed by atoms with Gasteiger partial charge in [0.15, 0.2) is 22.5 Å². The molecule has 2 saturated carbocycles. The fraction of sp³-hybridized carbons (Fsp3) is 0.625. The van der Waals surface area contributed by atoms with Crippen LogP contribution in [0, 0.1) is 23.6 Å². The number of carbonyl (C=O) groups is 1. The van der Waals surface area contributed by atoms with Crippen LogP contribution in [0.2, 0.25) is 0 Å². The standard InChI is InChI=1S/C24H33FN4O2S/c1-14(2)26-23(30)16(4)32-24-28-27-22(13-31-21-8-6-5-7-20(21)25)29(24)15(3)19-12-17-9-10-18(19)11-17/h5-8,14-19H,9-13H2,1-4H3,(H,26,30). The molecule has 1 amide bonds. The van der Waals surface area contributed by atoms with E-state index in [9.17, 15) is 9.18 Å². The first kappa shape index (κ1) is 23.1. The van der Waals surface area contributed by atoms with Crippen molar-refractivity contribution in [3.05, 3.63) is 35.9 Å².